The molecule has 4 rings (SSSR count). The molecule has 6 nitrogen and oxygen atoms in total. The summed E-state index contributed by atoms with van der Waals surface area (Å²) in [5, 5.41) is 8.27. The van der Waals surface area contributed by atoms with E-state index in [9.17, 15) is 22.8 Å². The zero-order valence-corrected chi connectivity index (χ0v) is 21.5. The number of esters is 1. The van der Waals surface area contributed by atoms with Gasteiger partial charge in [0.05, 0.1) is 29.8 Å². The quantitative estimate of drug-likeness (QED) is 0.281. The average molecular weight is 524 g/mol. The maximum absolute atomic E-state index is 13.5. The molecule has 4 aromatic rings. The van der Waals surface area contributed by atoms with Crippen LogP contribution in [0, 0.1) is 0 Å². The summed E-state index contributed by atoms with van der Waals surface area (Å²) >= 11 is 0. The fourth-order valence-electron chi connectivity index (χ4n) is 4.37. The van der Waals surface area contributed by atoms with E-state index in [1.54, 1.807) is 28.9 Å². The molecular weight excluding hydrogens is 495 g/mol. The number of amides is 1. The van der Waals surface area contributed by atoms with Crippen LogP contribution in [-0.4, -0.2) is 28.8 Å². The van der Waals surface area contributed by atoms with Crippen molar-refractivity contribution in [2.24, 2.45) is 0 Å². The van der Waals surface area contributed by atoms with Crippen LogP contribution in [0.4, 0.5) is 13.2 Å². The minimum atomic E-state index is -4.40. The molecule has 1 aromatic heterocycles. The minimum absolute atomic E-state index is 0.0244. The SMILES string of the molecule is COC(=O)c1ccc(C(C)NC(=O)c2nn(C(C)C)c3cccc(Cc4ccc(C(F)(F)F)cc4)c23)cc1. The number of rotatable bonds is 7. The van der Waals surface area contributed by atoms with Crippen molar-refractivity contribution in [2.45, 2.75) is 45.5 Å². The van der Waals surface area contributed by atoms with Crippen LogP contribution in [0.5, 0.6) is 0 Å². The number of fused-ring (bicyclic) bond motifs is 1. The van der Waals surface area contributed by atoms with Crippen LogP contribution in [-0.2, 0) is 17.3 Å². The molecule has 0 aliphatic heterocycles. The van der Waals surface area contributed by atoms with Crippen LogP contribution >= 0.6 is 0 Å². The Balaban J connectivity index is 1.66. The Hall–Kier alpha value is -4.14. The Kier molecular flexibility index (Phi) is 7.57. The smallest absolute Gasteiger partial charge is 0.416 e. The van der Waals surface area contributed by atoms with E-state index in [2.05, 4.69) is 10.4 Å². The Labute approximate surface area is 218 Å². The second kappa shape index (κ2) is 10.7. The first kappa shape index (κ1) is 26.9. The summed E-state index contributed by atoms with van der Waals surface area (Å²) in [6.07, 6.45) is -4.07. The van der Waals surface area contributed by atoms with Gasteiger partial charge in [-0.25, -0.2) is 4.79 Å². The molecule has 0 aliphatic rings. The number of ether oxygens (including phenoxy) is 1. The molecule has 38 heavy (non-hydrogen) atoms. The first-order valence-electron chi connectivity index (χ1n) is 12.1. The van der Waals surface area contributed by atoms with Gasteiger partial charge in [0.15, 0.2) is 5.69 Å². The van der Waals surface area contributed by atoms with Crippen LogP contribution in [0.15, 0.2) is 66.7 Å². The van der Waals surface area contributed by atoms with E-state index in [4.69, 9.17) is 4.74 Å². The monoisotopic (exact) mass is 523 g/mol. The highest BCUT2D eigenvalue weighted by molar-refractivity contribution is 6.06. The molecule has 1 heterocycles. The lowest BCUT2D eigenvalue weighted by atomic mass is 9.98. The van der Waals surface area contributed by atoms with Gasteiger partial charge < -0.3 is 10.1 Å². The molecule has 0 radical (unpaired) electrons. The lowest BCUT2D eigenvalue weighted by Crippen LogP contribution is -2.27. The van der Waals surface area contributed by atoms with Crippen molar-refractivity contribution in [1.82, 2.24) is 15.1 Å². The van der Waals surface area contributed by atoms with Gasteiger partial charge in [-0.05, 0) is 74.2 Å². The average Bonchev–Trinajstić information content (AvgIpc) is 3.29. The number of halogens is 3. The number of aromatic nitrogens is 2. The zero-order chi connectivity index (χ0) is 27.6. The Morgan fingerprint density at radius 1 is 0.974 bits per heavy atom. The van der Waals surface area contributed by atoms with E-state index in [1.807, 2.05) is 39.0 Å². The van der Waals surface area contributed by atoms with E-state index >= 15 is 0 Å². The fourth-order valence-corrected chi connectivity index (χ4v) is 4.37. The van der Waals surface area contributed by atoms with E-state index in [0.29, 0.717) is 22.9 Å². The minimum Gasteiger partial charge on any atom is -0.465 e. The van der Waals surface area contributed by atoms with Gasteiger partial charge >= 0.3 is 12.1 Å². The topological polar surface area (TPSA) is 73.2 Å². The van der Waals surface area contributed by atoms with Gasteiger partial charge in [-0.15, -0.1) is 0 Å². The molecule has 3 aromatic carbocycles. The predicted octanol–water partition coefficient (Wildman–Crippen LogP) is 6.50. The molecule has 9 heteroatoms. The van der Waals surface area contributed by atoms with Crippen LogP contribution < -0.4 is 5.32 Å². The summed E-state index contributed by atoms with van der Waals surface area (Å²) in [5.41, 5.74) is 2.98. The normalized spacial score (nSPS) is 12.5. The molecule has 1 unspecified atom stereocenters. The predicted molar refractivity (Wildman–Crippen MR) is 138 cm³/mol. The van der Waals surface area contributed by atoms with Crippen molar-refractivity contribution in [2.75, 3.05) is 7.11 Å². The number of benzene rings is 3. The van der Waals surface area contributed by atoms with Gasteiger partial charge in [-0.3, -0.25) is 9.48 Å². The summed E-state index contributed by atoms with van der Waals surface area (Å²) in [7, 11) is 1.31. The highest BCUT2D eigenvalue weighted by atomic mass is 19.4. The summed E-state index contributed by atoms with van der Waals surface area (Å²) in [4.78, 5) is 25.2. The maximum Gasteiger partial charge on any atom is 0.416 e. The summed E-state index contributed by atoms with van der Waals surface area (Å²) in [6.45, 7) is 5.75. The molecule has 1 atom stereocenters. The standard InChI is InChI=1S/C29H28F3N3O3/c1-17(2)35-24-7-5-6-22(16-19-8-14-23(15-9-19)29(30,31)32)25(24)26(34-35)27(36)33-18(3)20-10-12-21(13-11-20)28(37)38-4/h5-15,17-18H,16H2,1-4H3,(H,33,36). The van der Waals surface area contributed by atoms with Gasteiger partial charge in [-0.1, -0.05) is 36.4 Å². The van der Waals surface area contributed by atoms with E-state index < -0.39 is 17.7 Å². The third-order valence-electron chi connectivity index (χ3n) is 6.38. The fraction of sp³-hybridized carbons (Fsp3) is 0.276. The second-order valence-corrected chi connectivity index (χ2v) is 9.38. The van der Waals surface area contributed by atoms with Crippen molar-refractivity contribution < 1.29 is 27.5 Å². The molecule has 0 aliphatic carbocycles. The molecule has 1 amide bonds. The number of hydrogen-bond donors (Lipinski definition) is 1. The number of carbonyl (C=O) groups is 2. The van der Waals surface area contributed by atoms with Crippen molar-refractivity contribution >= 4 is 22.8 Å². The second-order valence-electron chi connectivity index (χ2n) is 9.38. The number of methoxy groups -OCH3 is 1. The molecule has 0 saturated heterocycles. The molecule has 0 fully saturated rings. The van der Waals surface area contributed by atoms with Gasteiger partial charge in [0.25, 0.3) is 5.91 Å². The molecule has 0 saturated carbocycles. The molecule has 198 valence electrons. The van der Waals surface area contributed by atoms with Crippen LogP contribution in [0.1, 0.15) is 76.0 Å². The highest BCUT2D eigenvalue weighted by Gasteiger charge is 2.30. The van der Waals surface area contributed by atoms with Crippen molar-refractivity contribution in [3.8, 4) is 0 Å². The van der Waals surface area contributed by atoms with E-state index in [1.165, 1.54) is 19.2 Å². The molecule has 0 spiro atoms. The maximum atomic E-state index is 13.5. The molecular formula is C29H28F3N3O3. The number of hydrogen-bond acceptors (Lipinski definition) is 4. The van der Waals surface area contributed by atoms with Crippen LogP contribution in [0.25, 0.3) is 10.9 Å². The highest BCUT2D eigenvalue weighted by Crippen LogP contribution is 2.31. The van der Waals surface area contributed by atoms with Gasteiger partial charge in [-0.2, -0.15) is 18.3 Å². The first-order chi connectivity index (χ1) is 18.0. The van der Waals surface area contributed by atoms with Crippen LogP contribution in [0.3, 0.4) is 0 Å². The summed E-state index contributed by atoms with van der Waals surface area (Å²) in [5.74, 6) is -0.821. The summed E-state index contributed by atoms with van der Waals surface area (Å²) in [6, 6.07) is 17.0. The lowest BCUT2D eigenvalue weighted by Gasteiger charge is -2.14. The van der Waals surface area contributed by atoms with Crippen molar-refractivity contribution in [3.05, 3.63) is 100 Å². The zero-order valence-electron chi connectivity index (χ0n) is 21.5. The first-order valence-corrected chi connectivity index (χ1v) is 12.1. The Morgan fingerprint density at radius 2 is 1.63 bits per heavy atom. The Morgan fingerprint density at radius 3 is 2.21 bits per heavy atom. The lowest BCUT2D eigenvalue weighted by molar-refractivity contribution is -0.137. The number of nitrogens with one attached hydrogen (secondary N) is 1. The van der Waals surface area contributed by atoms with E-state index in [-0.39, 0.29) is 23.7 Å². The van der Waals surface area contributed by atoms with Crippen LogP contribution in [0.2, 0.25) is 0 Å². The number of carbonyl (C=O) groups excluding carboxylic acids is 2. The number of nitrogens with zero attached hydrogens (tertiary/aromatic N) is 2. The summed E-state index contributed by atoms with van der Waals surface area (Å²) < 4.78 is 45.5. The van der Waals surface area contributed by atoms with Gasteiger partial charge in [0, 0.05) is 11.4 Å². The third kappa shape index (κ3) is 5.56. The Bertz CT molecular complexity index is 1460. The number of alkyl halides is 3. The van der Waals surface area contributed by atoms with E-state index in [0.717, 1.165) is 28.8 Å². The van der Waals surface area contributed by atoms with Gasteiger partial charge in [0.1, 0.15) is 0 Å². The van der Waals surface area contributed by atoms with Gasteiger partial charge in [0.2, 0.25) is 0 Å². The molecule has 0 bridgehead atoms. The third-order valence-corrected chi connectivity index (χ3v) is 6.38. The molecule has 1 N–H and O–H groups in total. The van der Waals surface area contributed by atoms with Crippen molar-refractivity contribution in [3.63, 3.8) is 0 Å². The van der Waals surface area contributed by atoms with Crippen molar-refractivity contribution in [1.29, 1.82) is 0 Å². The largest absolute Gasteiger partial charge is 0.465 e.